The van der Waals surface area contributed by atoms with Crippen LogP contribution in [0.1, 0.15) is 15.9 Å². The van der Waals surface area contributed by atoms with Crippen LogP contribution in [0.4, 0.5) is 4.39 Å². The first-order valence-electron chi connectivity index (χ1n) is 5.71. The van der Waals surface area contributed by atoms with Gasteiger partial charge < -0.3 is 4.74 Å². The fourth-order valence-corrected chi connectivity index (χ4v) is 1.64. The zero-order chi connectivity index (χ0) is 12.8. The van der Waals surface area contributed by atoms with Gasteiger partial charge >= 0.3 is 0 Å². The van der Waals surface area contributed by atoms with Gasteiger partial charge in [-0.25, -0.2) is 4.39 Å². The summed E-state index contributed by atoms with van der Waals surface area (Å²) in [4.78, 5) is 10.8. The lowest BCUT2D eigenvalue weighted by molar-refractivity contribution is 0.111. The predicted molar refractivity (Wildman–Crippen MR) is 67.4 cm³/mol. The molecule has 0 heterocycles. The van der Waals surface area contributed by atoms with E-state index in [4.69, 9.17) is 4.74 Å². The average molecular weight is 244 g/mol. The molecule has 0 spiro atoms. The number of carbonyl (C=O) groups is 1. The maximum atomic E-state index is 12.7. The van der Waals surface area contributed by atoms with Gasteiger partial charge in [0.15, 0.2) is 6.29 Å². The van der Waals surface area contributed by atoms with Crippen molar-refractivity contribution in [2.24, 2.45) is 0 Å². The molecular weight excluding hydrogens is 231 g/mol. The zero-order valence-electron chi connectivity index (χ0n) is 9.80. The average Bonchev–Trinajstić information content (AvgIpc) is 2.41. The molecule has 0 aliphatic heterocycles. The van der Waals surface area contributed by atoms with Gasteiger partial charge in [-0.3, -0.25) is 4.79 Å². The van der Waals surface area contributed by atoms with Crippen LogP contribution in [0.3, 0.4) is 0 Å². The summed E-state index contributed by atoms with van der Waals surface area (Å²) in [5, 5.41) is 0. The molecule has 0 aliphatic carbocycles. The van der Waals surface area contributed by atoms with E-state index in [0.717, 1.165) is 11.8 Å². The minimum Gasteiger partial charge on any atom is -0.492 e. The van der Waals surface area contributed by atoms with Crippen LogP contribution in [-0.4, -0.2) is 12.9 Å². The van der Waals surface area contributed by atoms with Crippen molar-refractivity contribution < 1.29 is 13.9 Å². The SMILES string of the molecule is O=Cc1ccccc1OCCc1ccc(F)cc1. The van der Waals surface area contributed by atoms with Crippen LogP contribution in [0, 0.1) is 5.82 Å². The predicted octanol–water partition coefficient (Wildman–Crippen LogP) is 3.26. The third-order valence-electron chi connectivity index (χ3n) is 2.61. The molecule has 0 N–H and O–H groups in total. The molecule has 0 radical (unpaired) electrons. The number of carbonyl (C=O) groups excluding carboxylic acids is 1. The summed E-state index contributed by atoms with van der Waals surface area (Å²) in [6.45, 7) is 0.455. The molecule has 92 valence electrons. The van der Waals surface area contributed by atoms with Crippen LogP contribution in [0.2, 0.25) is 0 Å². The molecule has 0 amide bonds. The molecule has 18 heavy (non-hydrogen) atoms. The fraction of sp³-hybridized carbons (Fsp3) is 0.133. The number of rotatable bonds is 5. The Morgan fingerprint density at radius 2 is 1.78 bits per heavy atom. The number of hydrogen-bond acceptors (Lipinski definition) is 2. The summed E-state index contributed by atoms with van der Waals surface area (Å²) in [7, 11) is 0. The van der Waals surface area contributed by atoms with Gasteiger partial charge in [0.2, 0.25) is 0 Å². The fourth-order valence-electron chi connectivity index (χ4n) is 1.64. The van der Waals surface area contributed by atoms with Crippen LogP contribution in [0.25, 0.3) is 0 Å². The highest BCUT2D eigenvalue weighted by Crippen LogP contribution is 2.16. The first-order chi connectivity index (χ1) is 8.79. The first-order valence-corrected chi connectivity index (χ1v) is 5.71. The van der Waals surface area contributed by atoms with Crippen LogP contribution < -0.4 is 4.74 Å². The van der Waals surface area contributed by atoms with Gasteiger partial charge in [0.1, 0.15) is 11.6 Å². The van der Waals surface area contributed by atoms with Gasteiger partial charge in [-0.2, -0.15) is 0 Å². The van der Waals surface area contributed by atoms with Crippen molar-refractivity contribution in [2.75, 3.05) is 6.61 Å². The maximum absolute atomic E-state index is 12.7. The largest absolute Gasteiger partial charge is 0.492 e. The van der Waals surface area contributed by atoms with E-state index in [2.05, 4.69) is 0 Å². The lowest BCUT2D eigenvalue weighted by atomic mass is 10.1. The number of hydrogen-bond donors (Lipinski definition) is 0. The van der Waals surface area contributed by atoms with Crippen molar-refractivity contribution in [1.29, 1.82) is 0 Å². The van der Waals surface area contributed by atoms with Crippen molar-refractivity contribution in [3.8, 4) is 5.75 Å². The van der Waals surface area contributed by atoms with Gasteiger partial charge in [-0.05, 0) is 29.8 Å². The Labute approximate surface area is 105 Å². The van der Waals surface area contributed by atoms with E-state index in [1.807, 2.05) is 6.07 Å². The van der Waals surface area contributed by atoms with Gasteiger partial charge in [0, 0.05) is 6.42 Å². The van der Waals surface area contributed by atoms with Crippen molar-refractivity contribution >= 4 is 6.29 Å². The number of aldehydes is 1. The quantitative estimate of drug-likeness (QED) is 0.754. The molecular formula is C15H13FO2. The van der Waals surface area contributed by atoms with E-state index in [1.54, 1.807) is 30.3 Å². The van der Waals surface area contributed by atoms with Crippen LogP contribution in [0.15, 0.2) is 48.5 Å². The summed E-state index contributed by atoms with van der Waals surface area (Å²) < 4.78 is 18.2. The number of halogens is 1. The maximum Gasteiger partial charge on any atom is 0.153 e. The smallest absolute Gasteiger partial charge is 0.153 e. The molecule has 0 atom stereocenters. The Bertz CT molecular complexity index is 520. The molecule has 2 aromatic carbocycles. The van der Waals surface area contributed by atoms with Crippen LogP contribution in [0.5, 0.6) is 5.75 Å². The van der Waals surface area contributed by atoms with Gasteiger partial charge in [0.05, 0.1) is 12.2 Å². The summed E-state index contributed by atoms with van der Waals surface area (Å²) in [6.07, 6.45) is 1.45. The Morgan fingerprint density at radius 3 is 2.50 bits per heavy atom. The zero-order valence-corrected chi connectivity index (χ0v) is 9.80. The molecule has 0 saturated heterocycles. The molecule has 0 saturated carbocycles. The lowest BCUT2D eigenvalue weighted by Gasteiger charge is -2.08. The Morgan fingerprint density at radius 1 is 1.06 bits per heavy atom. The lowest BCUT2D eigenvalue weighted by Crippen LogP contribution is -2.03. The highest BCUT2D eigenvalue weighted by atomic mass is 19.1. The molecule has 2 nitrogen and oxygen atoms in total. The molecule has 0 aromatic heterocycles. The summed E-state index contributed by atoms with van der Waals surface area (Å²) in [5.41, 5.74) is 1.54. The van der Waals surface area contributed by atoms with Gasteiger partial charge in [0.25, 0.3) is 0 Å². The minimum atomic E-state index is -0.244. The second kappa shape index (κ2) is 5.96. The standard InChI is InChI=1S/C15H13FO2/c16-14-7-5-12(6-8-14)9-10-18-15-4-2-1-3-13(15)11-17/h1-8,11H,9-10H2. The first kappa shape index (κ1) is 12.3. The minimum absolute atomic E-state index is 0.244. The molecule has 3 heteroatoms. The van der Waals surface area contributed by atoms with Crippen molar-refractivity contribution in [2.45, 2.75) is 6.42 Å². The van der Waals surface area contributed by atoms with Gasteiger partial charge in [-0.15, -0.1) is 0 Å². The highest BCUT2D eigenvalue weighted by molar-refractivity contribution is 5.79. The molecule has 0 bridgehead atoms. The Balaban J connectivity index is 1.92. The molecule has 0 fully saturated rings. The van der Waals surface area contributed by atoms with E-state index in [-0.39, 0.29) is 5.82 Å². The van der Waals surface area contributed by atoms with E-state index < -0.39 is 0 Å². The number of ether oxygens (including phenoxy) is 1. The number of para-hydroxylation sites is 1. The van der Waals surface area contributed by atoms with Crippen molar-refractivity contribution in [3.05, 3.63) is 65.5 Å². The molecule has 2 aromatic rings. The third kappa shape index (κ3) is 3.17. The van der Waals surface area contributed by atoms with E-state index in [1.165, 1.54) is 12.1 Å². The summed E-state index contributed by atoms with van der Waals surface area (Å²) in [5.74, 6) is 0.334. The Hall–Kier alpha value is -2.16. The topological polar surface area (TPSA) is 26.3 Å². The summed E-state index contributed by atoms with van der Waals surface area (Å²) >= 11 is 0. The van der Waals surface area contributed by atoms with E-state index in [0.29, 0.717) is 24.3 Å². The second-order valence-electron chi connectivity index (χ2n) is 3.88. The molecule has 0 unspecified atom stereocenters. The molecule has 0 aliphatic rings. The number of benzene rings is 2. The monoisotopic (exact) mass is 244 g/mol. The van der Waals surface area contributed by atoms with Gasteiger partial charge in [-0.1, -0.05) is 24.3 Å². The summed E-state index contributed by atoms with van der Waals surface area (Å²) in [6, 6.07) is 13.4. The third-order valence-corrected chi connectivity index (χ3v) is 2.61. The normalized spacial score (nSPS) is 10.1. The highest BCUT2D eigenvalue weighted by Gasteiger charge is 2.01. The second-order valence-corrected chi connectivity index (χ2v) is 3.88. The van der Waals surface area contributed by atoms with Crippen molar-refractivity contribution in [1.82, 2.24) is 0 Å². The molecule has 2 rings (SSSR count). The van der Waals surface area contributed by atoms with Crippen molar-refractivity contribution in [3.63, 3.8) is 0 Å². The Kier molecular flexibility index (Phi) is 4.07. The van der Waals surface area contributed by atoms with E-state index >= 15 is 0 Å². The van der Waals surface area contributed by atoms with E-state index in [9.17, 15) is 9.18 Å². The van der Waals surface area contributed by atoms with Crippen LogP contribution in [-0.2, 0) is 6.42 Å². The van der Waals surface area contributed by atoms with Crippen LogP contribution >= 0.6 is 0 Å².